The van der Waals surface area contributed by atoms with Crippen molar-refractivity contribution in [1.82, 2.24) is 10.2 Å². The molecule has 2 aromatic rings. The maximum Gasteiger partial charge on any atom is 0.156 e. The molecule has 0 saturated carbocycles. The van der Waals surface area contributed by atoms with Crippen LogP contribution in [0.5, 0.6) is 0 Å². The molecule has 0 amide bonds. The summed E-state index contributed by atoms with van der Waals surface area (Å²) in [6.07, 6.45) is 2.03. The molecular formula is C15H21N3O. The van der Waals surface area contributed by atoms with Gasteiger partial charge in [-0.15, -0.1) is 5.10 Å². The highest BCUT2D eigenvalue weighted by atomic mass is 16.3. The summed E-state index contributed by atoms with van der Waals surface area (Å²) < 4.78 is 0. The average Bonchev–Trinajstić information content (AvgIpc) is 2.45. The molecule has 4 heteroatoms. The van der Waals surface area contributed by atoms with E-state index in [0.717, 1.165) is 41.7 Å². The fraction of sp³-hybridized carbons (Fsp3) is 0.467. The standard InChI is InChI=1S/C15H21N3O/c1-11(10-19)6-5-9-16-15-14-8-4-3-7-13(14)12(2)17-18-15/h3-4,7-8,11,19H,5-6,9-10H2,1-2H3,(H,16,18). The van der Waals surface area contributed by atoms with Gasteiger partial charge in [0.15, 0.2) is 5.82 Å². The number of nitrogens with zero attached hydrogens (tertiary/aromatic N) is 2. The third-order valence-corrected chi connectivity index (χ3v) is 3.35. The topological polar surface area (TPSA) is 58.0 Å². The quantitative estimate of drug-likeness (QED) is 0.783. The number of hydrogen-bond acceptors (Lipinski definition) is 4. The van der Waals surface area contributed by atoms with Crippen LogP contribution in [-0.4, -0.2) is 28.5 Å². The van der Waals surface area contributed by atoms with Gasteiger partial charge in [-0.2, -0.15) is 5.10 Å². The predicted octanol–water partition coefficient (Wildman–Crippen LogP) is 2.76. The molecule has 0 bridgehead atoms. The number of hydrogen-bond donors (Lipinski definition) is 2. The van der Waals surface area contributed by atoms with Gasteiger partial charge in [0, 0.05) is 23.9 Å². The molecule has 4 nitrogen and oxygen atoms in total. The summed E-state index contributed by atoms with van der Waals surface area (Å²) in [7, 11) is 0. The Bertz CT molecular complexity index is 542. The Morgan fingerprint density at radius 3 is 2.68 bits per heavy atom. The van der Waals surface area contributed by atoms with Crippen LogP contribution >= 0.6 is 0 Å². The van der Waals surface area contributed by atoms with Gasteiger partial charge in [-0.3, -0.25) is 0 Å². The molecule has 0 fully saturated rings. The molecular weight excluding hydrogens is 238 g/mol. The zero-order valence-electron chi connectivity index (χ0n) is 11.6. The van der Waals surface area contributed by atoms with Crippen molar-refractivity contribution >= 4 is 16.6 Å². The Morgan fingerprint density at radius 2 is 1.95 bits per heavy atom. The van der Waals surface area contributed by atoms with Crippen LogP contribution in [0.2, 0.25) is 0 Å². The first-order chi connectivity index (χ1) is 9.22. The monoisotopic (exact) mass is 259 g/mol. The van der Waals surface area contributed by atoms with Gasteiger partial charge < -0.3 is 10.4 Å². The summed E-state index contributed by atoms with van der Waals surface area (Å²) in [4.78, 5) is 0. The predicted molar refractivity (Wildman–Crippen MR) is 78.2 cm³/mol. The number of fused-ring (bicyclic) bond motifs is 1. The van der Waals surface area contributed by atoms with Crippen LogP contribution in [0.15, 0.2) is 24.3 Å². The van der Waals surface area contributed by atoms with E-state index in [-0.39, 0.29) is 6.61 Å². The Kier molecular flexibility index (Phi) is 4.68. The van der Waals surface area contributed by atoms with Crippen molar-refractivity contribution in [3.05, 3.63) is 30.0 Å². The van der Waals surface area contributed by atoms with Gasteiger partial charge in [0.2, 0.25) is 0 Å². The SMILES string of the molecule is Cc1nnc(NCCCC(C)CO)c2ccccc12. The summed E-state index contributed by atoms with van der Waals surface area (Å²) in [6.45, 7) is 5.14. The number of aliphatic hydroxyl groups excluding tert-OH is 1. The zero-order valence-corrected chi connectivity index (χ0v) is 11.6. The van der Waals surface area contributed by atoms with Gasteiger partial charge in [-0.25, -0.2) is 0 Å². The van der Waals surface area contributed by atoms with Crippen molar-refractivity contribution in [2.75, 3.05) is 18.5 Å². The Balaban J connectivity index is 2.03. The van der Waals surface area contributed by atoms with Crippen molar-refractivity contribution in [2.24, 2.45) is 5.92 Å². The zero-order chi connectivity index (χ0) is 13.7. The minimum atomic E-state index is 0.257. The van der Waals surface area contributed by atoms with E-state index in [1.807, 2.05) is 19.1 Å². The number of aromatic nitrogens is 2. The van der Waals surface area contributed by atoms with Gasteiger partial charge in [0.25, 0.3) is 0 Å². The molecule has 0 aliphatic heterocycles. The molecule has 1 aromatic carbocycles. The van der Waals surface area contributed by atoms with E-state index >= 15 is 0 Å². The second-order valence-corrected chi connectivity index (χ2v) is 5.04. The third kappa shape index (κ3) is 3.41. The van der Waals surface area contributed by atoms with Crippen LogP contribution in [0.25, 0.3) is 10.8 Å². The minimum absolute atomic E-state index is 0.257. The highest BCUT2D eigenvalue weighted by molar-refractivity contribution is 5.92. The van der Waals surface area contributed by atoms with Gasteiger partial charge in [-0.05, 0) is 25.7 Å². The molecule has 0 aliphatic rings. The Hall–Kier alpha value is -1.68. The lowest BCUT2D eigenvalue weighted by Crippen LogP contribution is -2.08. The molecule has 2 N–H and O–H groups in total. The summed E-state index contributed by atoms with van der Waals surface area (Å²) in [5.41, 5.74) is 0.954. The van der Waals surface area contributed by atoms with Gasteiger partial charge in [0.05, 0.1) is 5.69 Å². The second-order valence-electron chi connectivity index (χ2n) is 5.04. The molecule has 0 spiro atoms. The molecule has 102 valence electrons. The third-order valence-electron chi connectivity index (χ3n) is 3.35. The van der Waals surface area contributed by atoms with E-state index in [1.165, 1.54) is 0 Å². The van der Waals surface area contributed by atoms with E-state index in [1.54, 1.807) is 0 Å². The summed E-state index contributed by atoms with van der Waals surface area (Å²) in [5, 5.41) is 23.0. The largest absolute Gasteiger partial charge is 0.396 e. The fourth-order valence-electron chi connectivity index (χ4n) is 2.12. The minimum Gasteiger partial charge on any atom is -0.396 e. The molecule has 0 aliphatic carbocycles. The molecule has 2 rings (SSSR count). The van der Waals surface area contributed by atoms with Crippen molar-refractivity contribution in [1.29, 1.82) is 0 Å². The maximum atomic E-state index is 8.98. The lowest BCUT2D eigenvalue weighted by molar-refractivity contribution is 0.229. The van der Waals surface area contributed by atoms with Crippen molar-refractivity contribution < 1.29 is 5.11 Å². The fourth-order valence-corrected chi connectivity index (χ4v) is 2.12. The van der Waals surface area contributed by atoms with Crippen LogP contribution in [0.4, 0.5) is 5.82 Å². The molecule has 1 atom stereocenters. The summed E-state index contributed by atoms with van der Waals surface area (Å²) >= 11 is 0. The first-order valence-corrected chi connectivity index (χ1v) is 6.79. The number of aliphatic hydroxyl groups is 1. The van der Waals surface area contributed by atoms with E-state index in [9.17, 15) is 0 Å². The van der Waals surface area contributed by atoms with Crippen LogP contribution in [-0.2, 0) is 0 Å². The number of nitrogens with one attached hydrogen (secondary N) is 1. The van der Waals surface area contributed by atoms with E-state index in [2.05, 4.69) is 34.6 Å². The number of anilines is 1. The smallest absolute Gasteiger partial charge is 0.156 e. The Morgan fingerprint density at radius 1 is 1.21 bits per heavy atom. The second kappa shape index (κ2) is 6.48. The van der Waals surface area contributed by atoms with Gasteiger partial charge in [0.1, 0.15) is 0 Å². The van der Waals surface area contributed by atoms with Crippen LogP contribution < -0.4 is 5.32 Å². The van der Waals surface area contributed by atoms with Crippen LogP contribution in [0.1, 0.15) is 25.5 Å². The first-order valence-electron chi connectivity index (χ1n) is 6.79. The molecule has 1 unspecified atom stereocenters. The van der Waals surface area contributed by atoms with E-state index in [4.69, 9.17) is 5.11 Å². The molecule has 0 saturated heterocycles. The van der Waals surface area contributed by atoms with Gasteiger partial charge >= 0.3 is 0 Å². The number of rotatable bonds is 6. The lowest BCUT2D eigenvalue weighted by atomic mass is 10.1. The Labute approximate surface area is 113 Å². The van der Waals surface area contributed by atoms with E-state index in [0.29, 0.717) is 5.92 Å². The first kappa shape index (κ1) is 13.7. The molecule has 0 radical (unpaired) electrons. The summed E-state index contributed by atoms with van der Waals surface area (Å²) in [5.74, 6) is 1.21. The van der Waals surface area contributed by atoms with Crippen LogP contribution in [0, 0.1) is 12.8 Å². The molecule has 1 aromatic heterocycles. The highest BCUT2D eigenvalue weighted by Gasteiger charge is 2.05. The lowest BCUT2D eigenvalue weighted by Gasteiger charge is -2.10. The van der Waals surface area contributed by atoms with Crippen molar-refractivity contribution in [3.63, 3.8) is 0 Å². The normalized spacial score (nSPS) is 12.6. The highest BCUT2D eigenvalue weighted by Crippen LogP contribution is 2.22. The van der Waals surface area contributed by atoms with Crippen molar-refractivity contribution in [3.8, 4) is 0 Å². The number of benzene rings is 1. The van der Waals surface area contributed by atoms with E-state index < -0.39 is 0 Å². The van der Waals surface area contributed by atoms with Crippen LogP contribution in [0.3, 0.4) is 0 Å². The molecule has 19 heavy (non-hydrogen) atoms. The average molecular weight is 259 g/mol. The molecule has 1 heterocycles. The number of aryl methyl sites for hydroxylation is 1. The van der Waals surface area contributed by atoms with Gasteiger partial charge in [-0.1, -0.05) is 31.2 Å². The summed E-state index contributed by atoms with van der Waals surface area (Å²) in [6, 6.07) is 8.17. The van der Waals surface area contributed by atoms with Crippen molar-refractivity contribution in [2.45, 2.75) is 26.7 Å². The maximum absolute atomic E-state index is 8.98.